The average Bonchev–Trinajstić information content (AvgIpc) is 2.95. The van der Waals surface area contributed by atoms with E-state index in [0.29, 0.717) is 5.95 Å². The molecule has 19 heavy (non-hydrogen) atoms. The average molecular weight is 293 g/mol. The number of fused-ring (bicyclic) bond motifs is 1. The third-order valence-electron chi connectivity index (χ3n) is 2.76. The maximum Gasteiger partial charge on any atom is 0.243 e. The fourth-order valence-corrected chi connectivity index (χ4v) is 2.93. The summed E-state index contributed by atoms with van der Waals surface area (Å²) < 4.78 is 2.62. The van der Waals surface area contributed by atoms with Gasteiger partial charge in [0.1, 0.15) is 0 Å². The zero-order valence-corrected chi connectivity index (χ0v) is 12.0. The molecule has 0 saturated carbocycles. The second-order valence-corrected chi connectivity index (χ2v) is 6.13. The van der Waals surface area contributed by atoms with Gasteiger partial charge in [0.15, 0.2) is 5.65 Å². The predicted octanol–water partition coefficient (Wildman–Crippen LogP) is 3.41. The Hall–Kier alpha value is -1.59. The van der Waals surface area contributed by atoms with E-state index in [1.54, 1.807) is 15.9 Å². The monoisotopic (exact) mass is 292 g/mol. The molecule has 4 nitrogen and oxygen atoms in total. The summed E-state index contributed by atoms with van der Waals surface area (Å²) in [6.45, 7) is 2.83. The van der Waals surface area contributed by atoms with Crippen LogP contribution in [0.4, 0.5) is 5.95 Å². The van der Waals surface area contributed by atoms with Crippen LogP contribution in [0.15, 0.2) is 30.5 Å². The van der Waals surface area contributed by atoms with Gasteiger partial charge < -0.3 is 5.32 Å². The molecule has 0 amide bonds. The number of pyridine rings is 1. The van der Waals surface area contributed by atoms with E-state index in [9.17, 15) is 0 Å². The van der Waals surface area contributed by atoms with Gasteiger partial charge in [0.2, 0.25) is 5.95 Å². The van der Waals surface area contributed by atoms with E-state index in [-0.39, 0.29) is 0 Å². The van der Waals surface area contributed by atoms with Crippen LogP contribution in [0.5, 0.6) is 0 Å². The third-order valence-corrected chi connectivity index (χ3v) is 4.05. The molecule has 3 heterocycles. The van der Waals surface area contributed by atoms with Crippen molar-refractivity contribution >= 4 is 34.5 Å². The van der Waals surface area contributed by atoms with Crippen molar-refractivity contribution in [2.75, 3.05) is 11.9 Å². The highest BCUT2D eigenvalue weighted by molar-refractivity contribution is 7.16. The second kappa shape index (κ2) is 5.19. The summed E-state index contributed by atoms with van der Waals surface area (Å²) in [5.41, 5.74) is 2.02. The molecule has 0 aliphatic heterocycles. The van der Waals surface area contributed by atoms with Gasteiger partial charge in [0.25, 0.3) is 0 Å². The van der Waals surface area contributed by atoms with Crippen LogP contribution in [-0.2, 0) is 6.42 Å². The first kappa shape index (κ1) is 12.4. The highest BCUT2D eigenvalue weighted by Crippen LogP contribution is 2.21. The Bertz CT molecular complexity index is 704. The van der Waals surface area contributed by atoms with Gasteiger partial charge in [0.05, 0.1) is 4.34 Å². The van der Waals surface area contributed by atoms with Crippen LogP contribution < -0.4 is 5.32 Å². The molecule has 3 aromatic rings. The zero-order chi connectivity index (χ0) is 13.2. The molecule has 0 aromatic carbocycles. The lowest BCUT2D eigenvalue weighted by molar-refractivity contribution is 0.935. The van der Waals surface area contributed by atoms with E-state index in [2.05, 4.69) is 21.5 Å². The van der Waals surface area contributed by atoms with Crippen molar-refractivity contribution in [3.63, 3.8) is 0 Å². The first-order valence-electron chi connectivity index (χ1n) is 6.02. The summed E-state index contributed by atoms with van der Waals surface area (Å²) in [5, 5.41) is 7.61. The molecule has 98 valence electrons. The number of nitrogens with one attached hydrogen (secondary N) is 1. The number of aryl methyl sites for hydroxylation is 1. The number of rotatable bonds is 4. The van der Waals surface area contributed by atoms with E-state index in [1.807, 2.05) is 31.3 Å². The minimum absolute atomic E-state index is 0.660. The predicted molar refractivity (Wildman–Crippen MR) is 79.2 cm³/mol. The number of thiophene rings is 1. The van der Waals surface area contributed by atoms with Gasteiger partial charge in [-0.15, -0.1) is 16.4 Å². The fraction of sp³-hybridized carbons (Fsp3) is 0.231. The lowest BCUT2D eigenvalue weighted by Gasteiger charge is -1.98. The van der Waals surface area contributed by atoms with Gasteiger partial charge in [-0.3, -0.25) is 0 Å². The van der Waals surface area contributed by atoms with Crippen LogP contribution in [-0.4, -0.2) is 21.1 Å². The number of halogens is 1. The van der Waals surface area contributed by atoms with E-state index in [1.165, 1.54) is 4.88 Å². The lowest BCUT2D eigenvalue weighted by Crippen LogP contribution is -2.05. The highest BCUT2D eigenvalue weighted by atomic mass is 35.5. The summed E-state index contributed by atoms with van der Waals surface area (Å²) >= 11 is 7.50. The SMILES string of the molecule is Cc1ccc2nc(NCCc3ccc(Cl)s3)nn2c1. The Labute approximate surface area is 120 Å². The summed E-state index contributed by atoms with van der Waals surface area (Å²) in [7, 11) is 0. The van der Waals surface area contributed by atoms with Crippen LogP contribution in [0.1, 0.15) is 10.4 Å². The molecule has 0 fully saturated rings. The van der Waals surface area contributed by atoms with Crippen LogP contribution in [0.25, 0.3) is 5.65 Å². The minimum Gasteiger partial charge on any atom is -0.353 e. The quantitative estimate of drug-likeness (QED) is 0.801. The number of hydrogen-bond donors (Lipinski definition) is 1. The van der Waals surface area contributed by atoms with Gasteiger partial charge in [-0.1, -0.05) is 17.7 Å². The molecule has 6 heteroatoms. The topological polar surface area (TPSA) is 42.2 Å². The van der Waals surface area contributed by atoms with Gasteiger partial charge in [0, 0.05) is 17.6 Å². The lowest BCUT2D eigenvalue weighted by atomic mass is 10.3. The fourth-order valence-electron chi connectivity index (χ4n) is 1.84. The Morgan fingerprint density at radius 3 is 3.00 bits per heavy atom. The first-order chi connectivity index (χ1) is 9.20. The summed E-state index contributed by atoms with van der Waals surface area (Å²) in [6, 6.07) is 7.97. The van der Waals surface area contributed by atoms with Crippen molar-refractivity contribution in [3.8, 4) is 0 Å². The van der Waals surface area contributed by atoms with Crippen molar-refractivity contribution < 1.29 is 0 Å². The van der Waals surface area contributed by atoms with Gasteiger partial charge in [-0.2, -0.15) is 4.98 Å². The van der Waals surface area contributed by atoms with Crippen molar-refractivity contribution in [2.45, 2.75) is 13.3 Å². The van der Waals surface area contributed by atoms with E-state index in [0.717, 1.165) is 28.5 Å². The molecule has 0 saturated heterocycles. The van der Waals surface area contributed by atoms with E-state index < -0.39 is 0 Å². The van der Waals surface area contributed by atoms with Crippen LogP contribution in [0, 0.1) is 6.92 Å². The maximum atomic E-state index is 5.89. The molecule has 0 unspecified atom stereocenters. The van der Waals surface area contributed by atoms with Gasteiger partial charge >= 0.3 is 0 Å². The zero-order valence-electron chi connectivity index (χ0n) is 10.4. The molecule has 0 spiro atoms. The number of nitrogens with zero attached hydrogens (tertiary/aromatic N) is 3. The standard InChI is InChI=1S/C13H13ClN4S/c1-9-2-5-12-16-13(17-18(12)8-9)15-7-6-10-3-4-11(14)19-10/h2-5,8H,6-7H2,1H3,(H,15,17). The highest BCUT2D eigenvalue weighted by Gasteiger charge is 2.03. The first-order valence-corrected chi connectivity index (χ1v) is 7.21. The Kier molecular flexibility index (Phi) is 3.40. The van der Waals surface area contributed by atoms with Crippen molar-refractivity contribution in [2.24, 2.45) is 0 Å². The molecule has 0 aliphatic rings. The van der Waals surface area contributed by atoms with Crippen LogP contribution in [0.3, 0.4) is 0 Å². The smallest absolute Gasteiger partial charge is 0.243 e. The Balaban J connectivity index is 1.65. The minimum atomic E-state index is 0.660. The molecule has 0 radical (unpaired) electrons. The maximum absolute atomic E-state index is 5.89. The van der Waals surface area contributed by atoms with Gasteiger partial charge in [-0.25, -0.2) is 4.52 Å². The summed E-state index contributed by atoms with van der Waals surface area (Å²) in [4.78, 5) is 5.67. The van der Waals surface area contributed by atoms with E-state index >= 15 is 0 Å². The van der Waals surface area contributed by atoms with E-state index in [4.69, 9.17) is 11.6 Å². The van der Waals surface area contributed by atoms with Crippen molar-refractivity contribution in [3.05, 3.63) is 45.2 Å². The molecular weight excluding hydrogens is 280 g/mol. The van der Waals surface area contributed by atoms with Gasteiger partial charge in [-0.05, 0) is 37.1 Å². The summed E-state index contributed by atoms with van der Waals surface area (Å²) in [5.74, 6) is 0.660. The third kappa shape index (κ3) is 2.88. The van der Waals surface area contributed by atoms with Crippen LogP contribution >= 0.6 is 22.9 Å². The Morgan fingerprint density at radius 2 is 2.21 bits per heavy atom. The largest absolute Gasteiger partial charge is 0.353 e. The molecule has 1 N–H and O–H groups in total. The molecule has 0 atom stereocenters. The number of anilines is 1. The Morgan fingerprint density at radius 1 is 1.32 bits per heavy atom. The normalized spacial score (nSPS) is 11.1. The molecule has 3 aromatic heterocycles. The molecule has 0 bridgehead atoms. The molecule has 0 aliphatic carbocycles. The molecular formula is C13H13ClN4S. The molecule has 3 rings (SSSR count). The number of hydrogen-bond acceptors (Lipinski definition) is 4. The number of aromatic nitrogens is 3. The van der Waals surface area contributed by atoms with Crippen LogP contribution in [0.2, 0.25) is 4.34 Å². The van der Waals surface area contributed by atoms with Crippen molar-refractivity contribution in [1.29, 1.82) is 0 Å². The van der Waals surface area contributed by atoms with Crippen molar-refractivity contribution in [1.82, 2.24) is 14.6 Å². The summed E-state index contributed by atoms with van der Waals surface area (Å²) in [6.07, 6.45) is 2.89. The second-order valence-electron chi connectivity index (χ2n) is 4.33.